The quantitative estimate of drug-likeness (QED) is 0.366. The molecule has 0 saturated heterocycles. The summed E-state index contributed by atoms with van der Waals surface area (Å²) in [4.78, 5) is 15.3. The van der Waals surface area contributed by atoms with Gasteiger partial charge in [-0.25, -0.2) is 4.98 Å². The van der Waals surface area contributed by atoms with E-state index in [9.17, 15) is 4.79 Å². The number of nitrogens with zero attached hydrogens (tertiary/aromatic N) is 1. The molecule has 5 nitrogen and oxygen atoms in total. The summed E-state index contributed by atoms with van der Waals surface area (Å²) in [6.07, 6.45) is 1.64. The van der Waals surface area contributed by atoms with Gasteiger partial charge in [0.2, 0.25) is 0 Å². The maximum atomic E-state index is 10.7. The Morgan fingerprint density at radius 2 is 2.00 bits per heavy atom. The fourth-order valence-corrected chi connectivity index (χ4v) is 3.75. The molecule has 0 unspecified atom stereocenters. The zero-order chi connectivity index (χ0) is 21.5. The number of halogens is 1. The molecule has 2 N–H and O–H groups in total. The van der Waals surface area contributed by atoms with Crippen LogP contribution in [0.15, 0.2) is 47.8 Å². The summed E-state index contributed by atoms with van der Waals surface area (Å²) in [6.45, 7) is 4.97. The number of aliphatic carboxylic acids is 1. The molecular weight excluding hydrogens is 420 g/mol. The third kappa shape index (κ3) is 6.47. The van der Waals surface area contributed by atoms with Crippen LogP contribution in [0.3, 0.4) is 0 Å². The minimum absolute atomic E-state index is 0.132. The SMILES string of the molecule is CC(C)CCOc1ccc(-c2csc(Nc3ccc(CCC(=O)O)cc3)n2)cc1Cl. The molecule has 30 heavy (non-hydrogen) atoms. The van der Waals surface area contributed by atoms with Gasteiger partial charge in [-0.15, -0.1) is 11.3 Å². The fraction of sp³-hybridized carbons (Fsp3) is 0.304. The van der Waals surface area contributed by atoms with E-state index in [4.69, 9.17) is 21.4 Å². The van der Waals surface area contributed by atoms with Gasteiger partial charge in [0.25, 0.3) is 0 Å². The standard InChI is InChI=1S/C23H25ClN2O3S/c1-15(2)11-12-29-21-9-6-17(13-19(21)24)20-14-30-23(26-20)25-18-7-3-16(4-8-18)5-10-22(27)28/h3-4,6-9,13-15H,5,10-12H2,1-2H3,(H,25,26)(H,27,28). The molecule has 1 heterocycles. The van der Waals surface area contributed by atoms with E-state index >= 15 is 0 Å². The van der Waals surface area contributed by atoms with Gasteiger partial charge in [0, 0.05) is 23.1 Å². The van der Waals surface area contributed by atoms with Crippen LogP contribution in [0.2, 0.25) is 5.02 Å². The predicted molar refractivity (Wildman–Crippen MR) is 123 cm³/mol. The lowest BCUT2D eigenvalue weighted by atomic mass is 10.1. The van der Waals surface area contributed by atoms with Gasteiger partial charge >= 0.3 is 5.97 Å². The molecule has 0 aliphatic carbocycles. The molecule has 0 radical (unpaired) electrons. The van der Waals surface area contributed by atoms with Crippen molar-refractivity contribution in [3.05, 3.63) is 58.4 Å². The van der Waals surface area contributed by atoms with Crippen LogP contribution in [0.1, 0.15) is 32.3 Å². The summed E-state index contributed by atoms with van der Waals surface area (Å²) in [6, 6.07) is 13.4. The van der Waals surface area contributed by atoms with Crippen LogP contribution >= 0.6 is 22.9 Å². The molecule has 1 aromatic heterocycles. The molecule has 0 amide bonds. The van der Waals surface area contributed by atoms with Crippen molar-refractivity contribution < 1.29 is 14.6 Å². The number of carboxylic acid groups (broad SMARTS) is 1. The first kappa shape index (κ1) is 22.1. The normalized spacial score (nSPS) is 10.9. The van der Waals surface area contributed by atoms with Gasteiger partial charge in [-0.2, -0.15) is 0 Å². The number of ether oxygens (including phenoxy) is 1. The molecule has 0 aliphatic heterocycles. The molecule has 2 aromatic carbocycles. The van der Waals surface area contributed by atoms with Crippen molar-refractivity contribution in [2.75, 3.05) is 11.9 Å². The van der Waals surface area contributed by atoms with E-state index in [1.807, 2.05) is 47.8 Å². The van der Waals surface area contributed by atoms with Crippen LogP contribution in [-0.2, 0) is 11.2 Å². The van der Waals surface area contributed by atoms with Crippen molar-refractivity contribution in [1.82, 2.24) is 4.98 Å². The van der Waals surface area contributed by atoms with E-state index in [1.165, 1.54) is 11.3 Å². The highest BCUT2D eigenvalue weighted by molar-refractivity contribution is 7.14. The number of nitrogens with one attached hydrogen (secondary N) is 1. The minimum Gasteiger partial charge on any atom is -0.492 e. The first-order valence-corrected chi connectivity index (χ1v) is 11.1. The Kier molecular flexibility index (Phi) is 7.71. The summed E-state index contributed by atoms with van der Waals surface area (Å²) in [5.74, 6) is 0.491. The van der Waals surface area contributed by atoms with Gasteiger partial charge in [0.1, 0.15) is 5.75 Å². The molecule has 0 atom stereocenters. The first-order chi connectivity index (χ1) is 14.4. The monoisotopic (exact) mass is 444 g/mol. The third-order valence-corrected chi connectivity index (χ3v) is 5.57. The Balaban J connectivity index is 1.62. The van der Waals surface area contributed by atoms with Crippen LogP contribution in [0.4, 0.5) is 10.8 Å². The molecule has 0 fully saturated rings. The summed E-state index contributed by atoms with van der Waals surface area (Å²) < 4.78 is 5.77. The molecule has 0 saturated carbocycles. The van der Waals surface area contributed by atoms with Crippen LogP contribution in [0.25, 0.3) is 11.3 Å². The number of carboxylic acids is 1. The zero-order valence-corrected chi connectivity index (χ0v) is 18.6. The van der Waals surface area contributed by atoms with Crippen molar-refractivity contribution in [3.63, 3.8) is 0 Å². The topological polar surface area (TPSA) is 71.5 Å². The van der Waals surface area contributed by atoms with Crippen molar-refractivity contribution in [2.24, 2.45) is 5.92 Å². The second-order valence-corrected chi connectivity index (χ2v) is 8.70. The van der Waals surface area contributed by atoms with E-state index in [-0.39, 0.29) is 6.42 Å². The van der Waals surface area contributed by atoms with E-state index in [1.54, 1.807) is 0 Å². The molecule has 3 aromatic rings. The molecule has 7 heteroatoms. The summed E-state index contributed by atoms with van der Waals surface area (Å²) in [5.41, 5.74) is 3.68. The van der Waals surface area contributed by atoms with Crippen LogP contribution < -0.4 is 10.1 Å². The number of benzene rings is 2. The van der Waals surface area contributed by atoms with Gasteiger partial charge in [-0.1, -0.05) is 37.6 Å². The van der Waals surface area contributed by atoms with Crippen LogP contribution in [0.5, 0.6) is 5.75 Å². The highest BCUT2D eigenvalue weighted by Gasteiger charge is 2.09. The van der Waals surface area contributed by atoms with Gasteiger partial charge < -0.3 is 15.2 Å². The Morgan fingerprint density at radius 3 is 2.67 bits per heavy atom. The number of rotatable bonds is 10. The smallest absolute Gasteiger partial charge is 0.303 e. The van der Waals surface area contributed by atoms with Crippen LogP contribution in [-0.4, -0.2) is 22.7 Å². The molecule has 0 bridgehead atoms. The summed E-state index contributed by atoms with van der Waals surface area (Å²) in [5, 5.41) is 15.4. The average Bonchev–Trinajstić information content (AvgIpc) is 3.17. The van der Waals surface area contributed by atoms with Crippen molar-refractivity contribution >= 4 is 39.7 Å². The van der Waals surface area contributed by atoms with Crippen molar-refractivity contribution in [1.29, 1.82) is 0 Å². The predicted octanol–water partition coefficient (Wildman–Crippen LogP) is 6.65. The minimum atomic E-state index is -0.789. The molecular formula is C23H25ClN2O3S. The lowest BCUT2D eigenvalue weighted by Gasteiger charge is -2.10. The largest absolute Gasteiger partial charge is 0.492 e. The lowest BCUT2D eigenvalue weighted by molar-refractivity contribution is -0.136. The number of anilines is 2. The Morgan fingerprint density at radius 1 is 1.23 bits per heavy atom. The number of hydrogen-bond donors (Lipinski definition) is 2. The van der Waals surface area contributed by atoms with E-state index in [0.717, 1.165) is 34.1 Å². The Labute approximate surface area is 185 Å². The maximum Gasteiger partial charge on any atom is 0.303 e. The molecule has 3 rings (SSSR count). The number of carbonyl (C=O) groups is 1. The summed E-state index contributed by atoms with van der Waals surface area (Å²) in [7, 11) is 0. The van der Waals surface area contributed by atoms with Gasteiger partial charge in [-0.05, 0) is 54.7 Å². The third-order valence-electron chi connectivity index (χ3n) is 4.52. The number of aryl methyl sites for hydroxylation is 1. The summed E-state index contributed by atoms with van der Waals surface area (Å²) >= 11 is 7.90. The van der Waals surface area contributed by atoms with Gasteiger partial charge in [0.05, 0.1) is 17.3 Å². The van der Waals surface area contributed by atoms with Crippen molar-refractivity contribution in [2.45, 2.75) is 33.1 Å². The van der Waals surface area contributed by atoms with Crippen molar-refractivity contribution in [3.8, 4) is 17.0 Å². The second kappa shape index (κ2) is 10.5. The van der Waals surface area contributed by atoms with E-state index in [0.29, 0.717) is 29.7 Å². The number of hydrogen-bond acceptors (Lipinski definition) is 5. The van der Waals surface area contributed by atoms with E-state index in [2.05, 4.69) is 24.1 Å². The Hall–Kier alpha value is -2.57. The first-order valence-electron chi connectivity index (χ1n) is 9.86. The zero-order valence-electron chi connectivity index (χ0n) is 17.0. The highest BCUT2D eigenvalue weighted by Crippen LogP contribution is 2.33. The second-order valence-electron chi connectivity index (χ2n) is 7.43. The fourth-order valence-electron chi connectivity index (χ4n) is 2.78. The number of aromatic nitrogens is 1. The molecule has 0 aliphatic rings. The lowest BCUT2D eigenvalue weighted by Crippen LogP contribution is -2.01. The molecule has 158 valence electrons. The molecule has 0 spiro atoms. The highest BCUT2D eigenvalue weighted by atomic mass is 35.5. The Bertz CT molecular complexity index is 986. The maximum absolute atomic E-state index is 10.7. The van der Waals surface area contributed by atoms with Gasteiger partial charge in [-0.3, -0.25) is 4.79 Å². The van der Waals surface area contributed by atoms with Gasteiger partial charge in [0.15, 0.2) is 5.13 Å². The van der Waals surface area contributed by atoms with Crippen LogP contribution in [0, 0.1) is 5.92 Å². The van der Waals surface area contributed by atoms with E-state index < -0.39 is 5.97 Å². The average molecular weight is 445 g/mol. The number of thiazole rings is 1.